The third-order valence-corrected chi connectivity index (χ3v) is 3.83. The minimum Gasteiger partial charge on any atom is -0.309 e. The second-order valence-electron chi connectivity index (χ2n) is 4.37. The first kappa shape index (κ1) is 14.4. The third-order valence-electron chi connectivity index (χ3n) is 3.11. The lowest BCUT2D eigenvalue weighted by atomic mass is 9.97. The van der Waals surface area contributed by atoms with Crippen LogP contribution in [0, 0.1) is 22.1 Å². The summed E-state index contributed by atoms with van der Waals surface area (Å²) in [7, 11) is 1.74. The minimum absolute atomic E-state index is 0.318. The van der Waals surface area contributed by atoms with Crippen molar-refractivity contribution in [1.82, 2.24) is 5.32 Å². The average molecular weight is 373 g/mol. The monoisotopic (exact) mass is 373 g/mol. The Labute approximate surface area is 125 Å². The normalized spacial score (nSPS) is 12.5. The minimum atomic E-state index is -0.780. The molecule has 0 saturated heterocycles. The molecule has 0 bridgehead atoms. The first-order valence-electron chi connectivity index (χ1n) is 5.92. The highest BCUT2D eigenvalue weighted by atomic mass is 127. The molecule has 0 aliphatic rings. The van der Waals surface area contributed by atoms with E-state index in [1.54, 1.807) is 26.1 Å². The molecule has 0 heterocycles. The van der Waals surface area contributed by atoms with Crippen molar-refractivity contribution in [3.8, 4) is 0 Å². The maximum absolute atomic E-state index is 14.0. The van der Waals surface area contributed by atoms with Gasteiger partial charge in [-0.25, -0.2) is 8.78 Å². The Bertz CT molecular complexity index is 581. The highest BCUT2D eigenvalue weighted by Crippen LogP contribution is 2.27. The zero-order valence-electron chi connectivity index (χ0n) is 10.7. The van der Waals surface area contributed by atoms with Crippen LogP contribution in [-0.4, -0.2) is 7.05 Å². The summed E-state index contributed by atoms with van der Waals surface area (Å²) in [6.07, 6.45) is 0. The number of nitrogens with one attached hydrogen (secondary N) is 1. The molecule has 0 radical (unpaired) electrons. The lowest BCUT2D eigenvalue weighted by Gasteiger charge is -2.18. The van der Waals surface area contributed by atoms with Gasteiger partial charge in [-0.3, -0.25) is 0 Å². The van der Waals surface area contributed by atoms with Crippen LogP contribution in [0.5, 0.6) is 0 Å². The van der Waals surface area contributed by atoms with Crippen molar-refractivity contribution in [1.29, 1.82) is 0 Å². The Kier molecular flexibility index (Phi) is 4.52. The molecule has 2 aromatic rings. The van der Waals surface area contributed by atoms with Gasteiger partial charge in [0.25, 0.3) is 0 Å². The van der Waals surface area contributed by atoms with Crippen molar-refractivity contribution in [2.45, 2.75) is 13.0 Å². The summed E-state index contributed by atoms with van der Waals surface area (Å²) in [6, 6.07) is 10.6. The Morgan fingerprint density at radius 2 is 1.63 bits per heavy atom. The number of benzene rings is 2. The maximum atomic E-state index is 14.0. The van der Waals surface area contributed by atoms with Crippen LogP contribution in [0.3, 0.4) is 0 Å². The summed E-state index contributed by atoms with van der Waals surface area (Å²) in [6.45, 7) is 1.56. The number of aryl methyl sites for hydroxylation is 1. The largest absolute Gasteiger partial charge is 0.309 e. The summed E-state index contributed by atoms with van der Waals surface area (Å²) < 4.78 is 28.8. The van der Waals surface area contributed by atoms with E-state index in [2.05, 4.69) is 27.9 Å². The molecular weight excluding hydrogens is 359 g/mol. The average Bonchev–Trinajstić information content (AvgIpc) is 2.41. The van der Waals surface area contributed by atoms with E-state index in [1.807, 2.05) is 24.3 Å². The van der Waals surface area contributed by atoms with Gasteiger partial charge in [0.05, 0.1) is 6.04 Å². The summed E-state index contributed by atoms with van der Waals surface area (Å²) in [4.78, 5) is 0. The fourth-order valence-corrected chi connectivity index (χ4v) is 2.40. The molecule has 0 saturated carbocycles. The van der Waals surface area contributed by atoms with E-state index in [1.165, 1.54) is 0 Å². The van der Waals surface area contributed by atoms with E-state index in [0.29, 0.717) is 11.1 Å². The first-order chi connectivity index (χ1) is 9.04. The maximum Gasteiger partial charge on any atom is 0.164 e. The van der Waals surface area contributed by atoms with Gasteiger partial charge in [-0.15, -0.1) is 0 Å². The van der Waals surface area contributed by atoms with Crippen LogP contribution in [0.15, 0.2) is 36.4 Å². The van der Waals surface area contributed by atoms with Crippen molar-refractivity contribution < 1.29 is 8.78 Å². The summed E-state index contributed by atoms with van der Waals surface area (Å²) in [5.74, 6) is -1.55. The van der Waals surface area contributed by atoms with E-state index in [4.69, 9.17) is 0 Å². The Morgan fingerprint density at radius 3 is 2.21 bits per heavy atom. The second-order valence-corrected chi connectivity index (χ2v) is 5.62. The Balaban J connectivity index is 2.48. The molecule has 1 nitrogen and oxygen atoms in total. The van der Waals surface area contributed by atoms with Crippen LogP contribution in [0.2, 0.25) is 0 Å². The molecule has 1 atom stereocenters. The molecule has 2 rings (SSSR count). The van der Waals surface area contributed by atoms with E-state index in [-0.39, 0.29) is 6.04 Å². The van der Waals surface area contributed by atoms with Crippen molar-refractivity contribution in [2.75, 3.05) is 7.05 Å². The molecule has 1 unspecified atom stereocenters. The van der Waals surface area contributed by atoms with Crippen molar-refractivity contribution in [3.05, 3.63) is 68.3 Å². The highest BCUT2D eigenvalue weighted by Gasteiger charge is 2.19. The standard InChI is InChI=1S/C15H14F2IN/c1-9-3-8-12(14(17)13(9)16)15(19-2)10-4-6-11(18)7-5-10/h3-8,15,19H,1-2H3. The molecule has 4 heteroatoms. The molecule has 0 aromatic heterocycles. The fourth-order valence-electron chi connectivity index (χ4n) is 2.04. The number of hydrogen-bond donors (Lipinski definition) is 1. The summed E-state index contributed by atoms with van der Waals surface area (Å²) in [5, 5.41) is 3.03. The topological polar surface area (TPSA) is 12.0 Å². The molecule has 0 aliphatic heterocycles. The molecule has 0 aliphatic carbocycles. The van der Waals surface area contributed by atoms with Gasteiger partial charge in [-0.1, -0.05) is 24.3 Å². The highest BCUT2D eigenvalue weighted by molar-refractivity contribution is 14.1. The summed E-state index contributed by atoms with van der Waals surface area (Å²) in [5.41, 5.74) is 1.55. The molecule has 19 heavy (non-hydrogen) atoms. The van der Waals surface area contributed by atoms with Crippen LogP contribution < -0.4 is 5.32 Å². The van der Waals surface area contributed by atoms with Crippen LogP contribution in [0.25, 0.3) is 0 Å². The smallest absolute Gasteiger partial charge is 0.164 e. The van der Waals surface area contributed by atoms with Crippen molar-refractivity contribution in [3.63, 3.8) is 0 Å². The van der Waals surface area contributed by atoms with Crippen molar-refractivity contribution >= 4 is 22.6 Å². The van der Waals surface area contributed by atoms with Gasteiger partial charge in [-0.2, -0.15) is 0 Å². The predicted molar refractivity (Wildman–Crippen MR) is 81.2 cm³/mol. The molecule has 0 fully saturated rings. The van der Waals surface area contributed by atoms with Gasteiger partial charge in [-0.05, 0) is 59.8 Å². The van der Waals surface area contributed by atoms with Gasteiger partial charge in [0.1, 0.15) is 0 Å². The van der Waals surface area contributed by atoms with Gasteiger partial charge < -0.3 is 5.32 Å². The van der Waals surface area contributed by atoms with Crippen LogP contribution in [0.4, 0.5) is 8.78 Å². The molecular formula is C15H14F2IN. The molecule has 2 aromatic carbocycles. The quantitative estimate of drug-likeness (QED) is 0.796. The second kappa shape index (κ2) is 5.96. The van der Waals surface area contributed by atoms with E-state index < -0.39 is 11.6 Å². The number of halogens is 3. The zero-order valence-corrected chi connectivity index (χ0v) is 12.8. The Morgan fingerprint density at radius 1 is 1.00 bits per heavy atom. The first-order valence-corrected chi connectivity index (χ1v) is 6.99. The number of hydrogen-bond acceptors (Lipinski definition) is 1. The van der Waals surface area contributed by atoms with Crippen molar-refractivity contribution in [2.24, 2.45) is 0 Å². The molecule has 100 valence electrons. The van der Waals surface area contributed by atoms with Gasteiger partial charge in [0.2, 0.25) is 0 Å². The van der Waals surface area contributed by atoms with E-state index in [0.717, 1.165) is 9.13 Å². The van der Waals surface area contributed by atoms with Gasteiger partial charge in [0.15, 0.2) is 11.6 Å². The molecule has 0 amide bonds. The van der Waals surface area contributed by atoms with Crippen LogP contribution in [0.1, 0.15) is 22.7 Å². The lowest BCUT2D eigenvalue weighted by molar-refractivity contribution is 0.482. The number of rotatable bonds is 3. The van der Waals surface area contributed by atoms with E-state index in [9.17, 15) is 8.78 Å². The summed E-state index contributed by atoms with van der Waals surface area (Å²) >= 11 is 2.21. The SMILES string of the molecule is CNC(c1ccc(I)cc1)c1ccc(C)c(F)c1F. The van der Waals surface area contributed by atoms with Crippen LogP contribution >= 0.6 is 22.6 Å². The Hall–Kier alpha value is -1.01. The van der Waals surface area contributed by atoms with Gasteiger partial charge >= 0.3 is 0 Å². The zero-order chi connectivity index (χ0) is 14.0. The van der Waals surface area contributed by atoms with E-state index >= 15 is 0 Å². The molecule has 0 spiro atoms. The van der Waals surface area contributed by atoms with Gasteiger partial charge in [0, 0.05) is 9.13 Å². The molecule has 1 N–H and O–H groups in total. The predicted octanol–water partition coefficient (Wildman–Crippen LogP) is 4.19. The third kappa shape index (κ3) is 2.95. The lowest BCUT2D eigenvalue weighted by Crippen LogP contribution is -2.19. The van der Waals surface area contributed by atoms with Crippen LogP contribution in [-0.2, 0) is 0 Å². The fraction of sp³-hybridized carbons (Fsp3) is 0.200.